The molecule has 1 aromatic heterocycles. The van der Waals surface area contributed by atoms with Gasteiger partial charge in [0.1, 0.15) is 6.54 Å². The molecule has 3 N–H and O–H groups in total. The third-order valence-corrected chi connectivity index (χ3v) is 7.80. The van der Waals surface area contributed by atoms with Gasteiger partial charge in [0.05, 0.1) is 20.9 Å². The molecular formula is C24H22N2O7S. The summed E-state index contributed by atoms with van der Waals surface area (Å²) in [6, 6.07) is 11.5. The molecule has 0 spiro atoms. The number of aromatic nitrogens is 1. The molecule has 34 heavy (non-hydrogen) atoms. The number of benzene rings is 2. The maximum Gasteiger partial charge on any atom is 0.335 e. The van der Waals surface area contributed by atoms with Crippen LogP contribution in [-0.2, 0) is 34.0 Å². The molecule has 9 nitrogen and oxygen atoms in total. The van der Waals surface area contributed by atoms with Crippen LogP contribution in [0.3, 0.4) is 0 Å². The summed E-state index contributed by atoms with van der Waals surface area (Å²) in [5.41, 5.74) is 2.13. The van der Waals surface area contributed by atoms with Gasteiger partial charge < -0.3 is 20.1 Å². The Balaban J connectivity index is 1.91. The van der Waals surface area contributed by atoms with E-state index in [1.165, 1.54) is 24.3 Å². The highest BCUT2D eigenvalue weighted by molar-refractivity contribution is 7.91. The van der Waals surface area contributed by atoms with Crippen LogP contribution in [0.1, 0.15) is 43.2 Å². The molecule has 0 saturated heterocycles. The van der Waals surface area contributed by atoms with Crippen LogP contribution in [0.25, 0.3) is 0 Å². The molecule has 2 aromatic carbocycles. The number of rotatable bonds is 7. The largest absolute Gasteiger partial charge is 0.480 e. The molecule has 0 unspecified atom stereocenters. The Hall–Kier alpha value is -3.92. The number of carboxylic acid groups (broad SMARTS) is 2. The zero-order valence-corrected chi connectivity index (χ0v) is 19.1. The summed E-state index contributed by atoms with van der Waals surface area (Å²) < 4.78 is 28.5. The van der Waals surface area contributed by atoms with E-state index in [0.717, 1.165) is 6.07 Å². The SMILES string of the molecule is Cc1c(Cc2ccc(C(=O)O)cc2S(=O)(=O)c2ccccc2)c2c(n1CC(=O)O)CCNC2=O. The second kappa shape index (κ2) is 8.79. The molecule has 4 rings (SSSR count). The Bertz CT molecular complexity index is 1420. The normalized spacial score (nSPS) is 13.3. The van der Waals surface area contributed by atoms with Gasteiger partial charge in [-0.2, -0.15) is 0 Å². The number of aliphatic carboxylic acids is 1. The molecule has 0 bridgehead atoms. The molecule has 1 amide bonds. The van der Waals surface area contributed by atoms with Crippen LogP contribution in [0.5, 0.6) is 0 Å². The number of carbonyl (C=O) groups excluding carboxylic acids is 1. The molecule has 0 aliphatic carbocycles. The number of sulfone groups is 1. The van der Waals surface area contributed by atoms with Crippen molar-refractivity contribution >= 4 is 27.7 Å². The van der Waals surface area contributed by atoms with E-state index in [1.807, 2.05) is 0 Å². The number of carbonyl (C=O) groups is 3. The fraction of sp³-hybridized carbons (Fsp3) is 0.208. The number of carboxylic acids is 2. The van der Waals surface area contributed by atoms with Gasteiger partial charge in [0.2, 0.25) is 9.84 Å². The first-order valence-corrected chi connectivity index (χ1v) is 12.0. The molecule has 1 aliphatic heterocycles. The first kappa shape index (κ1) is 23.2. The molecule has 1 aliphatic rings. The van der Waals surface area contributed by atoms with Crippen molar-refractivity contribution < 1.29 is 33.0 Å². The summed E-state index contributed by atoms with van der Waals surface area (Å²) in [7, 11) is -4.07. The molecule has 3 aromatic rings. The molecule has 176 valence electrons. The average Bonchev–Trinajstić information content (AvgIpc) is 3.06. The molecule has 0 radical (unpaired) electrons. The van der Waals surface area contributed by atoms with Crippen LogP contribution < -0.4 is 5.32 Å². The third-order valence-electron chi connectivity index (χ3n) is 5.95. The lowest BCUT2D eigenvalue weighted by molar-refractivity contribution is -0.137. The maximum absolute atomic E-state index is 13.5. The first-order chi connectivity index (χ1) is 16.1. The number of hydrogen-bond donors (Lipinski definition) is 3. The Morgan fingerprint density at radius 3 is 2.44 bits per heavy atom. The topological polar surface area (TPSA) is 143 Å². The molecular weight excluding hydrogens is 460 g/mol. The number of fused-ring (bicyclic) bond motifs is 1. The van der Waals surface area contributed by atoms with Crippen molar-refractivity contribution in [2.45, 2.75) is 36.1 Å². The number of amides is 1. The van der Waals surface area contributed by atoms with E-state index in [4.69, 9.17) is 0 Å². The molecule has 0 atom stereocenters. The van der Waals surface area contributed by atoms with E-state index >= 15 is 0 Å². The van der Waals surface area contributed by atoms with Gasteiger partial charge in [-0.3, -0.25) is 9.59 Å². The zero-order valence-electron chi connectivity index (χ0n) is 18.2. The third kappa shape index (κ3) is 4.08. The lowest BCUT2D eigenvalue weighted by Gasteiger charge is -2.17. The van der Waals surface area contributed by atoms with Crippen LogP contribution in [0.2, 0.25) is 0 Å². The summed E-state index contributed by atoms with van der Waals surface area (Å²) in [6.45, 7) is 1.74. The Morgan fingerprint density at radius 2 is 1.79 bits per heavy atom. The van der Waals surface area contributed by atoms with Gasteiger partial charge in [-0.15, -0.1) is 0 Å². The van der Waals surface area contributed by atoms with E-state index in [0.29, 0.717) is 41.0 Å². The summed E-state index contributed by atoms with van der Waals surface area (Å²) >= 11 is 0. The highest BCUT2D eigenvalue weighted by Crippen LogP contribution is 2.32. The minimum atomic E-state index is -4.07. The van der Waals surface area contributed by atoms with Crippen molar-refractivity contribution in [2.24, 2.45) is 0 Å². The van der Waals surface area contributed by atoms with Gasteiger partial charge in [-0.05, 0) is 42.3 Å². The number of aromatic carboxylic acids is 1. The van der Waals surface area contributed by atoms with Gasteiger partial charge in [0.15, 0.2) is 0 Å². The monoisotopic (exact) mass is 482 g/mol. The fourth-order valence-electron chi connectivity index (χ4n) is 4.33. The lowest BCUT2D eigenvalue weighted by Crippen LogP contribution is -2.33. The summed E-state index contributed by atoms with van der Waals surface area (Å²) in [5.74, 6) is -2.67. The highest BCUT2D eigenvalue weighted by atomic mass is 32.2. The van der Waals surface area contributed by atoms with Gasteiger partial charge in [0, 0.05) is 30.8 Å². The summed E-state index contributed by atoms with van der Waals surface area (Å²) in [4.78, 5) is 35.6. The van der Waals surface area contributed by atoms with E-state index < -0.39 is 21.8 Å². The number of nitrogens with zero attached hydrogens (tertiary/aromatic N) is 1. The Morgan fingerprint density at radius 1 is 1.09 bits per heavy atom. The van der Waals surface area contributed by atoms with Gasteiger partial charge >= 0.3 is 11.9 Å². The first-order valence-electron chi connectivity index (χ1n) is 10.5. The van der Waals surface area contributed by atoms with Crippen molar-refractivity contribution in [1.29, 1.82) is 0 Å². The van der Waals surface area contributed by atoms with Crippen molar-refractivity contribution in [2.75, 3.05) is 6.54 Å². The van der Waals surface area contributed by atoms with E-state index in [1.54, 1.807) is 29.7 Å². The Kier molecular flexibility index (Phi) is 6.01. The molecule has 0 saturated carbocycles. The molecule has 2 heterocycles. The zero-order chi connectivity index (χ0) is 24.6. The van der Waals surface area contributed by atoms with Crippen molar-refractivity contribution in [1.82, 2.24) is 9.88 Å². The van der Waals surface area contributed by atoms with Crippen molar-refractivity contribution in [3.8, 4) is 0 Å². The highest BCUT2D eigenvalue weighted by Gasteiger charge is 2.30. The minimum Gasteiger partial charge on any atom is -0.480 e. The van der Waals surface area contributed by atoms with E-state index in [2.05, 4.69) is 5.32 Å². The predicted molar refractivity (Wildman–Crippen MR) is 121 cm³/mol. The van der Waals surface area contributed by atoms with Crippen LogP contribution >= 0.6 is 0 Å². The molecule has 0 fully saturated rings. The number of hydrogen-bond acceptors (Lipinski definition) is 5. The second-order valence-electron chi connectivity index (χ2n) is 7.99. The number of nitrogens with one attached hydrogen (secondary N) is 1. The standard InChI is InChI=1S/C24H22N2O7S/c1-14-18(22-19(9-10-25-23(22)29)26(14)13-21(27)28)11-15-7-8-16(24(30)31)12-20(15)34(32,33)17-5-3-2-4-6-17/h2-8,12H,9-11,13H2,1H3,(H,25,29)(H,27,28)(H,30,31). The quantitative estimate of drug-likeness (QED) is 0.469. The van der Waals surface area contributed by atoms with E-state index in [-0.39, 0.29) is 34.2 Å². The maximum atomic E-state index is 13.5. The van der Waals surface area contributed by atoms with Crippen LogP contribution in [-0.4, -0.2) is 47.6 Å². The smallest absolute Gasteiger partial charge is 0.335 e. The van der Waals surface area contributed by atoms with Crippen molar-refractivity contribution in [3.63, 3.8) is 0 Å². The van der Waals surface area contributed by atoms with Crippen molar-refractivity contribution in [3.05, 3.63) is 82.2 Å². The lowest BCUT2D eigenvalue weighted by atomic mass is 9.97. The predicted octanol–water partition coefficient (Wildman–Crippen LogP) is 2.29. The van der Waals surface area contributed by atoms with Crippen LogP contribution in [0.15, 0.2) is 58.3 Å². The van der Waals surface area contributed by atoms with Crippen LogP contribution in [0, 0.1) is 6.92 Å². The Labute approximate surface area is 195 Å². The molecule has 10 heteroatoms. The van der Waals surface area contributed by atoms with E-state index in [9.17, 15) is 33.0 Å². The van der Waals surface area contributed by atoms with Gasteiger partial charge in [-0.1, -0.05) is 24.3 Å². The fourth-order valence-corrected chi connectivity index (χ4v) is 5.87. The average molecular weight is 483 g/mol. The van der Waals surface area contributed by atoms with Gasteiger partial charge in [0.25, 0.3) is 5.91 Å². The summed E-state index contributed by atoms with van der Waals surface area (Å²) in [6.07, 6.45) is 0.456. The summed E-state index contributed by atoms with van der Waals surface area (Å²) in [5, 5.41) is 21.6. The minimum absolute atomic E-state index is 0.00943. The second-order valence-corrected chi connectivity index (χ2v) is 9.91. The van der Waals surface area contributed by atoms with Crippen LogP contribution in [0.4, 0.5) is 0 Å². The van der Waals surface area contributed by atoms with Gasteiger partial charge in [-0.25, -0.2) is 13.2 Å².